The molecule has 0 atom stereocenters. The van der Waals surface area contributed by atoms with E-state index in [0.29, 0.717) is 24.5 Å². The molecular weight excluding hydrogens is 300 g/mol. The lowest BCUT2D eigenvalue weighted by atomic mass is 9.78. The Hall–Kier alpha value is -2.18. The summed E-state index contributed by atoms with van der Waals surface area (Å²) < 4.78 is 0. The summed E-state index contributed by atoms with van der Waals surface area (Å²) in [6.07, 6.45) is 1.95. The van der Waals surface area contributed by atoms with Crippen molar-refractivity contribution in [2.24, 2.45) is 5.73 Å². The van der Waals surface area contributed by atoms with Crippen molar-refractivity contribution in [2.45, 2.75) is 37.9 Å². The minimum atomic E-state index is 0.292. The molecule has 0 radical (unpaired) electrons. The van der Waals surface area contributed by atoms with Crippen molar-refractivity contribution < 1.29 is 0 Å². The quantitative estimate of drug-likeness (QED) is 0.751. The number of nitrogens with zero attached hydrogens (tertiary/aromatic N) is 3. The molecule has 1 aromatic carbocycles. The van der Waals surface area contributed by atoms with Gasteiger partial charge in [0.25, 0.3) is 0 Å². The number of nitrogens with one attached hydrogen (secondary N) is 1. The van der Waals surface area contributed by atoms with E-state index in [1.54, 1.807) is 0 Å². The molecule has 1 aliphatic carbocycles. The Morgan fingerprint density at radius 3 is 2.54 bits per heavy atom. The molecule has 24 heavy (non-hydrogen) atoms. The van der Waals surface area contributed by atoms with E-state index < -0.39 is 0 Å². The highest BCUT2D eigenvalue weighted by atomic mass is 15.1. The van der Waals surface area contributed by atoms with E-state index in [4.69, 9.17) is 11.5 Å². The van der Waals surface area contributed by atoms with Crippen molar-refractivity contribution in [3.05, 3.63) is 47.2 Å². The molecule has 0 saturated heterocycles. The van der Waals surface area contributed by atoms with Gasteiger partial charge in [-0.2, -0.15) is 4.98 Å². The molecule has 0 bridgehead atoms. The van der Waals surface area contributed by atoms with Crippen LogP contribution in [0.1, 0.15) is 35.6 Å². The zero-order valence-corrected chi connectivity index (χ0v) is 14.4. The Balaban J connectivity index is 1.71. The van der Waals surface area contributed by atoms with Gasteiger partial charge in [-0.25, -0.2) is 4.98 Å². The van der Waals surface area contributed by atoms with E-state index in [9.17, 15) is 0 Å². The summed E-state index contributed by atoms with van der Waals surface area (Å²) in [6, 6.07) is 10.7. The maximum absolute atomic E-state index is 5.88. The summed E-state index contributed by atoms with van der Waals surface area (Å²) in [4.78, 5) is 10.8. The molecule has 2 aromatic rings. The van der Waals surface area contributed by atoms with E-state index >= 15 is 0 Å². The monoisotopic (exact) mass is 326 g/mol. The second-order valence-electron chi connectivity index (χ2n) is 6.82. The molecule has 6 nitrogen and oxygen atoms in total. The van der Waals surface area contributed by atoms with E-state index in [1.807, 2.05) is 6.07 Å². The summed E-state index contributed by atoms with van der Waals surface area (Å²) in [5.41, 5.74) is 15.3. The summed E-state index contributed by atoms with van der Waals surface area (Å²) in [5, 5.41) is 3.39. The predicted molar refractivity (Wildman–Crippen MR) is 97.6 cm³/mol. The van der Waals surface area contributed by atoms with Crippen LogP contribution >= 0.6 is 0 Å². The van der Waals surface area contributed by atoms with Crippen LogP contribution in [-0.4, -0.2) is 35.0 Å². The van der Waals surface area contributed by atoms with Gasteiger partial charge in [-0.3, -0.25) is 0 Å². The number of nitrogen functional groups attached to an aromatic ring is 1. The van der Waals surface area contributed by atoms with Crippen LogP contribution in [0.2, 0.25) is 0 Å². The molecule has 1 fully saturated rings. The molecule has 3 rings (SSSR count). The predicted octanol–water partition coefficient (Wildman–Crippen LogP) is 1.94. The summed E-state index contributed by atoms with van der Waals surface area (Å²) in [7, 11) is 4.15. The van der Waals surface area contributed by atoms with Gasteiger partial charge >= 0.3 is 0 Å². The zero-order chi connectivity index (χ0) is 17.1. The van der Waals surface area contributed by atoms with Crippen molar-refractivity contribution >= 4 is 11.8 Å². The van der Waals surface area contributed by atoms with Gasteiger partial charge in [-0.05, 0) is 38.1 Å². The Morgan fingerprint density at radius 2 is 1.88 bits per heavy atom. The van der Waals surface area contributed by atoms with Crippen LogP contribution in [0.3, 0.4) is 0 Å². The molecule has 128 valence electrons. The van der Waals surface area contributed by atoms with Gasteiger partial charge in [-0.15, -0.1) is 0 Å². The zero-order valence-electron chi connectivity index (χ0n) is 14.4. The third kappa shape index (κ3) is 4.01. The van der Waals surface area contributed by atoms with Crippen LogP contribution < -0.4 is 16.8 Å². The number of anilines is 2. The number of rotatable bonds is 6. The average Bonchev–Trinajstić information content (AvgIpc) is 2.50. The fourth-order valence-corrected chi connectivity index (χ4v) is 3.10. The van der Waals surface area contributed by atoms with Crippen LogP contribution in [0.25, 0.3) is 0 Å². The summed E-state index contributed by atoms with van der Waals surface area (Å²) in [6.45, 7) is 1.62. The molecule has 0 amide bonds. The molecular formula is C18H26N6. The lowest BCUT2D eigenvalue weighted by molar-refractivity contribution is 0.345. The lowest BCUT2D eigenvalue weighted by Gasteiger charge is -2.32. The lowest BCUT2D eigenvalue weighted by Crippen LogP contribution is -2.35. The molecule has 0 aliphatic heterocycles. The van der Waals surface area contributed by atoms with Crippen molar-refractivity contribution in [1.82, 2.24) is 14.9 Å². The molecule has 5 N–H and O–H groups in total. The van der Waals surface area contributed by atoms with Gasteiger partial charge in [0.1, 0.15) is 5.82 Å². The van der Waals surface area contributed by atoms with Gasteiger partial charge < -0.3 is 21.7 Å². The van der Waals surface area contributed by atoms with Gasteiger partial charge in [0, 0.05) is 31.1 Å². The third-order valence-electron chi connectivity index (χ3n) is 4.42. The Bertz CT molecular complexity index is 694. The first-order chi connectivity index (χ1) is 11.5. The smallest absolute Gasteiger partial charge is 0.222 e. The summed E-state index contributed by atoms with van der Waals surface area (Å²) in [5.74, 6) is 1.50. The van der Waals surface area contributed by atoms with E-state index in [2.05, 4.69) is 58.5 Å². The maximum Gasteiger partial charge on any atom is 0.222 e. The second kappa shape index (κ2) is 7.15. The van der Waals surface area contributed by atoms with Crippen molar-refractivity contribution in [1.29, 1.82) is 0 Å². The summed E-state index contributed by atoms with van der Waals surface area (Å²) >= 11 is 0. The topological polar surface area (TPSA) is 93.1 Å². The normalized spacial score (nSPS) is 20.0. The SMILES string of the molecule is CN(C)Cc1ccccc1CNc1cc(C2CC(N)C2)nc(N)n1. The minimum Gasteiger partial charge on any atom is -0.368 e. The number of aromatic nitrogens is 2. The first-order valence-corrected chi connectivity index (χ1v) is 8.36. The molecule has 6 heteroatoms. The van der Waals surface area contributed by atoms with Crippen LogP contribution in [-0.2, 0) is 13.1 Å². The number of nitrogens with two attached hydrogens (primary N) is 2. The molecule has 1 aliphatic rings. The Morgan fingerprint density at radius 1 is 1.17 bits per heavy atom. The van der Waals surface area contributed by atoms with Crippen molar-refractivity contribution in [2.75, 3.05) is 25.1 Å². The fraction of sp³-hybridized carbons (Fsp3) is 0.444. The van der Waals surface area contributed by atoms with E-state index in [1.165, 1.54) is 11.1 Å². The Kier molecular flexibility index (Phi) is 4.97. The highest BCUT2D eigenvalue weighted by Crippen LogP contribution is 2.35. The average molecular weight is 326 g/mol. The maximum atomic E-state index is 5.88. The van der Waals surface area contributed by atoms with Gasteiger partial charge in [0.2, 0.25) is 5.95 Å². The second-order valence-corrected chi connectivity index (χ2v) is 6.82. The highest BCUT2D eigenvalue weighted by molar-refractivity contribution is 5.43. The van der Waals surface area contributed by atoms with E-state index in [0.717, 1.165) is 30.9 Å². The van der Waals surface area contributed by atoms with Crippen LogP contribution in [0.15, 0.2) is 30.3 Å². The fourth-order valence-electron chi connectivity index (χ4n) is 3.10. The van der Waals surface area contributed by atoms with Crippen LogP contribution in [0, 0.1) is 0 Å². The number of hydrogen-bond acceptors (Lipinski definition) is 6. The van der Waals surface area contributed by atoms with Gasteiger partial charge in [-0.1, -0.05) is 24.3 Å². The highest BCUT2D eigenvalue weighted by Gasteiger charge is 2.29. The molecule has 0 unspecified atom stereocenters. The number of benzene rings is 1. The number of hydrogen-bond donors (Lipinski definition) is 3. The van der Waals surface area contributed by atoms with Gasteiger partial charge in [0.05, 0.1) is 5.69 Å². The molecule has 0 spiro atoms. The largest absolute Gasteiger partial charge is 0.368 e. The van der Waals surface area contributed by atoms with Gasteiger partial charge in [0.15, 0.2) is 0 Å². The first-order valence-electron chi connectivity index (χ1n) is 8.36. The third-order valence-corrected chi connectivity index (χ3v) is 4.42. The van der Waals surface area contributed by atoms with E-state index in [-0.39, 0.29) is 0 Å². The first kappa shape index (κ1) is 16.7. The van der Waals surface area contributed by atoms with Crippen molar-refractivity contribution in [3.63, 3.8) is 0 Å². The molecule has 1 heterocycles. The van der Waals surface area contributed by atoms with Crippen molar-refractivity contribution in [3.8, 4) is 0 Å². The molecule has 1 saturated carbocycles. The van der Waals surface area contributed by atoms with Crippen LogP contribution in [0.5, 0.6) is 0 Å². The Labute approximate surface area is 143 Å². The molecule has 1 aromatic heterocycles. The van der Waals surface area contributed by atoms with Crippen LogP contribution in [0.4, 0.5) is 11.8 Å². The standard InChI is InChI=1S/C18H26N6/c1-24(2)11-13-6-4-3-5-12(13)10-21-17-9-16(22-18(20)23-17)14-7-15(19)8-14/h3-6,9,14-15H,7-8,10-11,19H2,1-2H3,(H3,20,21,22,23). The minimum absolute atomic E-state index is 0.292.